The summed E-state index contributed by atoms with van der Waals surface area (Å²) >= 11 is 1.22. The molecule has 0 aromatic carbocycles. The number of hydrogen-bond acceptors (Lipinski definition) is 6. The van der Waals surface area contributed by atoms with Gasteiger partial charge in [0.15, 0.2) is 5.13 Å². The highest BCUT2D eigenvalue weighted by Gasteiger charge is 2.23. The first-order valence-corrected chi connectivity index (χ1v) is 7.89. The predicted octanol–water partition coefficient (Wildman–Crippen LogP) is 1.35. The van der Waals surface area contributed by atoms with Gasteiger partial charge in [0.25, 0.3) is 0 Å². The van der Waals surface area contributed by atoms with Crippen molar-refractivity contribution in [3.05, 3.63) is 11.1 Å². The van der Waals surface area contributed by atoms with Crippen LogP contribution in [0, 0.1) is 5.92 Å². The number of anilines is 1. The molecule has 8 heteroatoms. The van der Waals surface area contributed by atoms with E-state index >= 15 is 0 Å². The molecule has 0 radical (unpaired) electrons. The number of thiazole rings is 1. The predicted molar refractivity (Wildman–Crippen MR) is 83.5 cm³/mol. The molecule has 0 aliphatic carbocycles. The van der Waals surface area contributed by atoms with Gasteiger partial charge in [-0.2, -0.15) is 0 Å². The molecule has 0 bridgehead atoms. The molecule has 2 amide bonds. The molecule has 0 unspecified atom stereocenters. The fourth-order valence-corrected chi connectivity index (χ4v) is 2.46. The van der Waals surface area contributed by atoms with Crippen LogP contribution in [-0.2, 0) is 25.5 Å². The van der Waals surface area contributed by atoms with Gasteiger partial charge in [0.2, 0.25) is 11.8 Å². The van der Waals surface area contributed by atoms with Gasteiger partial charge in [-0.05, 0) is 12.8 Å². The molecule has 22 heavy (non-hydrogen) atoms. The smallest absolute Gasteiger partial charge is 0.311 e. The summed E-state index contributed by atoms with van der Waals surface area (Å²) in [5, 5.41) is 7.34. The lowest BCUT2D eigenvalue weighted by Gasteiger charge is -2.20. The molecule has 0 spiro atoms. The Morgan fingerprint density at radius 3 is 2.59 bits per heavy atom. The zero-order chi connectivity index (χ0) is 16.7. The number of carbonyl (C=O) groups excluding carboxylic acids is 3. The molecule has 1 aromatic rings. The van der Waals surface area contributed by atoms with Crippen LogP contribution in [0.15, 0.2) is 5.38 Å². The summed E-state index contributed by atoms with van der Waals surface area (Å²) < 4.78 is 4.84. The van der Waals surface area contributed by atoms with Crippen LogP contribution in [0.1, 0.15) is 33.4 Å². The Hall–Kier alpha value is -1.96. The van der Waals surface area contributed by atoms with Crippen molar-refractivity contribution < 1.29 is 19.1 Å². The zero-order valence-electron chi connectivity index (χ0n) is 13.1. The van der Waals surface area contributed by atoms with Gasteiger partial charge in [-0.15, -0.1) is 11.3 Å². The Labute approximate surface area is 133 Å². The molecule has 0 aliphatic rings. The SMILES string of the molecule is CCOC(=O)Cc1csc(NC(=O)[C@@H](NC(C)=O)C(C)C)n1. The fraction of sp³-hybridized carbons (Fsp3) is 0.571. The average Bonchev–Trinajstić information content (AvgIpc) is 2.82. The third-order valence-electron chi connectivity index (χ3n) is 2.72. The second kappa shape index (κ2) is 8.47. The van der Waals surface area contributed by atoms with Crippen molar-refractivity contribution in [2.75, 3.05) is 11.9 Å². The lowest BCUT2D eigenvalue weighted by atomic mass is 10.0. The van der Waals surface area contributed by atoms with Crippen molar-refractivity contribution in [3.8, 4) is 0 Å². The largest absolute Gasteiger partial charge is 0.466 e. The van der Waals surface area contributed by atoms with Crippen LogP contribution in [0.3, 0.4) is 0 Å². The quantitative estimate of drug-likeness (QED) is 0.737. The molecule has 7 nitrogen and oxygen atoms in total. The molecule has 122 valence electrons. The van der Waals surface area contributed by atoms with Crippen molar-refractivity contribution in [1.82, 2.24) is 10.3 Å². The second-order valence-electron chi connectivity index (χ2n) is 5.04. The van der Waals surface area contributed by atoms with Crippen LogP contribution < -0.4 is 10.6 Å². The number of nitrogens with one attached hydrogen (secondary N) is 2. The number of amides is 2. The molecule has 2 N–H and O–H groups in total. The highest BCUT2D eigenvalue weighted by Crippen LogP contribution is 2.17. The van der Waals surface area contributed by atoms with Crippen LogP contribution in [0.25, 0.3) is 0 Å². The molecule has 1 aromatic heterocycles. The summed E-state index contributed by atoms with van der Waals surface area (Å²) in [4.78, 5) is 38.9. The van der Waals surface area contributed by atoms with Gasteiger partial charge in [0.1, 0.15) is 6.04 Å². The normalized spacial score (nSPS) is 11.9. The minimum Gasteiger partial charge on any atom is -0.466 e. The Balaban J connectivity index is 2.66. The molecule has 0 saturated heterocycles. The van der Waals surface area contributed by atoms with Gasteiger partial charge in [-0.25, -0.2) is 4.98 Å². The van der Waals surface area contributed by atoms with Gasteiger partial charge >= 0.3 is 5.97 Å². The van der Waals surface area contributed by atoms with E-state index in [0.717, 1.165) is 0 Å². The second-order valence-corrected chi connectivity index (χ2v) is 5.90. The monoisotopic (exact) mass is 327 g/mol. The van der Waals surface area contributed by atoms with Crippen molar-refractivity contribution in [1.29, 1.82) is 0 Å². The third kappa shape index (κ3) is 5.80. The highest BCUT2D eigenvalue weighted by molar-refractivity contribution is 7.13. The maximum atomic E-state index is 12.2. The molecule has 1 rings (SSSR count). The molecule has 1 atom stereocenters. The van der Waals surface area contributed by atoms with Gasteiger partial charge in [-0.3, -0.25) is 14.4 Å². The van der Waals surface area contributed by atoms with E-state index < -0.39 is 6.04 Å². The highest BCUT2D eigenvalue weighted by atomic mass is 32.1. The Bertz CT molecular complexity index is 542. The topological polar surface area (TPSA) is 97.4 Å². The average molecular weight is 327 g/mol. The van der Waals surface area contributed by atoms with Gasteiger partial charge in [-0.1, -0.05) is 13.8 Å². The number of nitrogens with zero attached hydrogens (tertiary/aromatic N) is 1. The standard InChI is InChI=1S/C14H21N3O4S/c1-5-21-11(19)6-10-7-22-14(16-10)17-13(20)12(8(2)3)15-9(4)18/h7-8,12H,5-6H2,1-4H3,(H,15,18)(H,16,17,20)/t12-/m0/s1. The zero-order valence-corrected chi connectivity index (χ0v) is 14.0. The van der Waals surface area contributed by atoms with Crippen LogP contribution in [-0.4, -0.2) is 35.4 Å². The molecule has 0 fully saturated rings. The Kier molecular flexibility index (Phi) is 6.97. The third-order valence-corrected chi connectivity index (χ3v) is 3.53. The van der Waals surface area contributed by atoms with Crippen LogP contribution in [0.2, 0.25) is 0 Å². The van der Waals surface area contributed by atoms with Crippen LogP contribution in [0.5, 0.6) is 0 Å². The molecule has 0 saturated carbocycles. The van der Waals surface area contributed by atoms with Crippen molar-refractivity contribution >= 4 is 34.3 Å². The Morgan fingerprint density at radius 2 is 2.05 bits per heavy atom. The van der Waals surface area contributed by atoms with Crippen LogP contribution in [0.4, 0.5) is 5.13 Å². The lowest BCUT2D eigenvalue weighted by Crippen LogP contribution is -2.46. The summed E-state index contributed by atoms with van der Waals surface area (Å²) in [6, 6.07) is -0.630. The summed E-state index contributed by atoms with van der Waals surface area (Å²) in [7, 11) is 0. The van der Waals surface area contributed by atoms with E-state index in [4.69, 9.17) is 4.74 Å². The van der Waals surface area contributed by atoms with Crippen molar-refractivity contribution in [2.24, 2.45) is 5.92 Å². The van der Waals surface area contributed by atoms with E-state index in [1.54, 1.807) is 12.3 Å². The van der Waals surface area contributed by atoms with Gasteiger partial charge in [0, 0.05) is 12.3 Å². The first-order valence-electron chi connectivity index (χ1n) is 7.01. The number of aromatic nitrogens is 1. The van der Waals surface area contributed by atoms with Gasteiger partial charge in [0.05, 0.1) is 18.7 Å². The maximum absolute atomic E-state index is 12.2. The lowest BCUT2D eigenvalue weighted by molar-refractivity contribution is -0.142. The van der Waals surface area contributed by atoms with E-state index in [9.17, 15) is 14.4 Å². The first-order chi connectivity index (χ1) is 10.3. The van der Waals surface area contributed by atoms with E-state index in [0.29, 0.717) is 17.4 Å². The number of rotatable bonds is 7. The van der Waals surface area contributed by atoms with E-state index in [1.165, 1.54) is 18.3 Å². The molecule has 0 aliphatic heterocycles. The first kappa shape index (κ1) is 18.1. The van der Waals surface area contributed by atoms with E-state index in [-0.39, 0.29) is 30.1 Å². The minimum absolute atomic E-state index is 0.0529. The van der Waals surface area contributed by atoms with E-state index in [2.05, 4.69) is 15.6 Å². The minimum atomic E-state index is -0.630. The summed E-state index contributed by atoms with van der Waals surface area (Å²) in [5.74, 6) is -1.01. The summed E-state index contributed by atoms with van der Waals surface area (Å²) in [5.41, 5.74) is 0.541. The number of ether oxygens (including phenoxy) is 1. The fourth-order valence-electron chi connectivity index (χ4n) is 1.74. The number of esters is 1. The van der Waals surface area contributed by atoms with E-state index in [1.807, 2.05) is 13.8 Å². The van der Waals surface area contributed by atoms with Crippen molar-refractivity contribution in [2.45, 2.75) is 40.2 Å². The Morgan fingerprint density at radius 1 is 1.36 bits per heavy atom. The number of hydrogen-bond donors (Lipinski definition) is 2. The van der Waals surface area contributed by atoms with Crippen LogP contribution >= 0.6 is 11.3 Å². The maximum Gasteiger partial charge on any atom is 0.311 e. The summed E-state index contributed by atoms with van der Waals surface area (Å²) in [6.45, 7) is 7.10. The number of carbonyl (C=O) groups is 3. The molecule has 1 heterocycles. The molecular formula is C14H21N3O4S. The summed E-state index contributed by atoms with van der Waals surface area (Å²) in [6.07, 6.45) is 0.0690. The molecular weight excluding hydrogens is 306 g/mol. The van der Waals surface area contributed by atoms with Crippen molar-refractivity contribution in [3.63, 3.8) is 0 Å². The van der Waals surface area contributed by atoms with Gasteiger partial charge < -0.3 is 15.4 Å².